The van der Waals surface area contributed by atoms with Gasteiger partial charge in [-0.15, -0.1) is 0 Å². The van der Waals surface area contributed by atoms with Crippen LogP contribution < -0.4 is 14.4 Å². The summed E-state index contributed by atoms with van der Waals surface area (Å²) in [6.07, 6.45) is 0. The second-order valence-corrected chi connectivity index (χ2v) is 9.04. The molecule has 0 radical (unpaired) electrons. The molecule has 4 aromatic carbocycles. The number of anilines is 2. The van der Waals surface area contributed by atoms with Crippen molar-refractivity contribution in [3.63, 3.8) is 0 Å². The van der Waals surface area contributed by atoms with Crippen LogP contribution in [-0.2, 0) is 5.41 Å². The van der Waals surface area contributed by atoms with Gasteiger partial charge >= 0.3 is 0 Å². The lowest BCUT2D eigenvalue weighted by Gasteiger charge is -2.32. The quantitative estimate of drug-likeness (QED) is 0.343. The first-order valence-corrected chi connectivity index (χ1v) is 12.3. The lowest BCUT2D eigenvalue weighted by atomic mass is 9.71. The standard InChI is InChI=1S/C31H31NO4/c1-23-6-12-26(13-7-23)32-22-31(29-4-2-3-5-30(29)32,24-8-14-27(15-9-24)35-20-18-33)25-10-16-28(17-11-25)36-21-19-34/h2-17,33-34H,18-22H2,1H3. The predicted molar refractivity (Wildman–Crippen MR) is 143 cm³/mol. The molecule has 0 bridgehead atoms. The average molecular weight is 482 g/mol. The number of hydrogen-bond donors (Lipinski definition) is 2. The van der Waals surface area contributed by atoms with Crippen LogP contribution in [0.1, 0.15) is 22.3 Å². The van der Waals surface area contributed by atoms with Crippen LogP contribution in [0.4, 0.5) is 11.4 Å². The molecule has 4 aromatic rings. The van der Waals surface area contributed by atoms with Crippen molar-refractivity contribution in [2.24, 2.45) is 0 Å². The van der Waals surface area contributed by atoms with E-state index in [-0.39, 0.29) is 26.4 Å². The van der Waals surface area contributed by atoms with E-state index in [9.17, 15) is 0 Å². The molecule has 0 saturated heterocycles. The third-order valence-electron chi connectivity index (χ3n) is 6.81. The monoisotopic (exact) mass is 481 g/mol. The van der Waals surface area contributed by atoms with Crippen LogP contribution in [0.25, 0.3) is 0 Å². The van der Waals surface area contributed by atoms with Gasteiger partial charge in [0.1, 0.15) is 24.7 Å². The zero-order valence-corrected chi connectivity index (χ0v) is 20.4. The lowest BCUT2D eigenvalue weighted by molar-refractivity contribution is 0.201. The summed E-state index contributed by atoms with van der Waals surface area (Å²) in [6, 6.07) is 33.7. The molecule has 0 saturated carbocycles. The first-order valence-electron chi connectivity index (χ1n) is 12.3. The molecule has 0 fully saturated rings. The smallest absolute Gasteiger partial charge is 0.119 e. The highest BCUT2D eigenvalue weighted by atomic mass is 16.5. The molecule has 5 rings (SSSR count). The minimum atomic E-state index is -0.424. The van der Waals surface area contributed by atoms with Gasteiger partial charge in [-0.3, -0.25) is 0 Å². The number of ether oxygens (including phenoxy) is 2. The summed E-state index contributed by atoms with van der Waals surface area (Å²) in [7, 11) is 0. The Morgan fingerprint density at radius 2 is 1.22 bits per heavy atom. The topological polar surface area (TPSA) is 62.2 Å². The Balaban J connectivity index is 1.64. The second kappa shape index (κ2) is 10.4. The van der Waals surface area contributed by atoms with E-state index in [1.807, 2.05) is 24.3 Å². The molecule has 0 amide bonds. The number of rotatable bonds is 9. The van der Waals surface area contributed by atoms with Gasteiger partial charge in [0.15, 0.2) is 0 Å². The number of nitrogens with zero attached hydrogens (tertiary/aromatic N) is 1. The van der Waals surface area contributed by atoms with Gasteiger partial charge in [0.2, 0.25) is 0 Å². The van der Waals surface area contributed by atoms with E-state index < -0.39 is 5.41 Å². The third-order valence-corrected chi connectivity index (χ3v) is 6.81. The Morgan fingerprint density at radius 3 is 1.75 bits per heavy atom. The fourth-order valence-electron chi connectivity index (χ4n) is 5.09. The Hall–Kier alpha value is -3.80. The zero-order valence-electron chi connectivity index (χ0n) is 20.4. The summed E-state index contributed by atoms with van der Waals surface area (Å²) >= 11 is 0. The first kappa shape index (κ1) is 23.9. The molecular formula is C31H31NO4. The molecule has 0 atom stereocenters. The highest BCUT2D eigenvalue weighted by Crippen LogP contribution is 2.52. The van der Waals surface area contributed by atoms with Crippen LogP contribution in [0.3, 0.4) is 0 Å². The average Bonchev–Trinajstić information content (AvgIpc) is 3.28. The predicted octanol–water partition coefficient (Wildman–Crippen LogP) is 5.22. The Kier molecular flexibility index (Phi) is 6.94. The second-order valence-electron chi connectivity index (χ2n) is 9.04. The number of aliphatic hydroxyl groups excluding tert-OH is 2. The fourth-order valence-corrected chi connectivity index (χ4v) is 5.09. The van der Waals surface area contributed by atoms with E-state index in [2.05, 4.69) is 84.6 Å². The molecule has 5 nitrogen and oxygen atoms in total. The summed E-state index contributed by atoms with van der Waals surface area (Å²) in [5.74, 6) is 1.47. The first-order chi connectivity index (χ1) is 17.7. The normalized spacial score (nSPS) is 13.9. The molecule has 184 valence electrons. The maximum atomic E-state index is 9.13. The van der Waals surface area contributed by atoms with Crippen molar-refractivity contribution in [3.05, 3.63) is 119 Å². The summed E-state index contributed by atoms with van der Waals surface area (Å²) in [5, 5.41) is 18.3. The maximum Gasteiger partial charge on any atom is 0.119 e. The van der Waals surface area contributed by atoms with Crippen LogP contribution >= 0.6 is 0 Å². The van der Waals surface area contributed by atoms with Crippen molar-refractivity contribution in [1.82, 2.24) is 0 Å². The van der Waals surface area contributed by atoms with Gasteiger partial charge in [0.05, 0.1) is 18.6 Å². The van der Waals surface area contributed by atoms with Gasteiger partial charge < -0.3 is 24.6 Å². The van der Waals surface area contributed by atoms with E-state index in [0.717, 1.165) is 34.9 Å². The van der Waals surface area contributed by atoms with Gasteiger partial charge in [-0.1, -0.05) is 60.2 Å². The van der Waals surface area contributed by atoms with Gasteiger partial charge in [-0.25, -0.2) is 0 Å². The van der Waals surface area contributed by atoms with Crippen LogP contribution in [0.5, 0.6) is 11.5 Å². The zero-order chi connectivity index (χ0) is 25.0. The van der Waals surface area contributed by atoms with Crippen molar-refractivity contribution in [2.45, 2.75) is 12.3 Å². The van der Waals surface area contributed by atoms with E-state index in [1.54, 1.807) is 0 Å². The molecule has 1 aliphatic heterocycles. The minimum absolute atomic E-state index is 0.0186. The number of para-hydroxylation sites is 1. The Labute approximate surface area is 212 Å². The molecule has 5 heteroatoms. The summed E-state index contributed by atoms with van der Waals surface area (Å²) in [4.78, 5) is 2.39. The van der Waals surface area contributed by atoms with Crippen molar-refractivity contribution < 1.29 is 19.7 Å². The van der Waals surface area contributed by atoms with Gasteiger partial charge in [0.25, 0.3) is 0 Å². The lowest BCUT2D eigenvalue weighted by Crippen LogP contribution is -2.34. The molecule has 0 unspecified atom stereocenters. The van der Waals surface area contributed by atoms with Crippen molar-refractivity contribution in [2.75, 3.05) is 37.9 Å². The number of hydrogen-bond acceptors (Lipinski definition) is 5. The summed E-state index contributed by atoms with van der Waals surface area (Å²) < 4.78 is 11.3. The SMILES string of the molecule is Cc1ccc(N2CC(c3ccc(OCCO)cc3)(c3ccc(OCCO)cc3)c3ccccc32)cc1. The molecule has 2 N–H and O–H groups in total. The largest absolute Gasteiger partial charge is 0.491 e. The number of benzene rings is 4. The number of aryl methyl sites for hydroxylation is 1. The molecular weight excluding hydrogens is 450 g/mol. The highest BCUT2D eigenvalue weighted by molar-refractivity contribution is 5.77. The van der Waals surface area contributed by atoms with E-state index in [4.69, 9.17) is 19.7 Å². The maximum absolute atomic E-state index is 9.13. The molecule has 1 aliphatic rings. The van der Waals surface area contributed by atoms with E-state index >= 15 is 0 Å². The molecule has 36 heavy (non-hydrogen) atoms. The fraction of sp³-hybridized carbons (Fsp3) is 0.226. The van der Waals surface area contributed by atoms with Gasteiger partial charge in [-0.05, 0) is 66.1 Å². The van der Waals surface area contributed by atoms with Gasteiger partial charge in [0, 0.05) is 17.9 Å². The molecule has 0 aromatic heterocycles. The van der Waals surface area contributed by atoms with Crippen LogP contribution in [0.2, 0.25) is 0 Å². The Morgan fingerprint density at radius 1 is 0.694 bits per heavy atom. The van der Waals surface area contributed by atoms with Crippen molar-refractivity contribution in [3.8, 4) is 11.5 Å². The van der Waals surface area contributed by atoms with Crippen LogP contribution in [-0.4, -0.2) is 43.2 Å². The summed E-state index contributed by atoms with van der Waals surface area (Å²) in [6.45, 7) is 3.34. The molecule has 0 spiro atoms. The van der Waals surface area contributed by atoms with Crippen molar-refractivity contribution in [1.29, 1.82) is 0 Å². The number of aliphatic hydroxyl groups is 2. The molecule has 0 aliphatic carbocycles. The third kappa shape index (κ3) is 4.43. The van der Waals surface area contributed by atoms with Crippen molar-refractivity contribution >= 4 is 11.4 Å². The van der Waals surface area contributed by atoms with E-state index in [0.29, 0.717) is 0 Å². The van der Waals surface area contributed by atoms with Gasteiger partial charge in [-0.2, -0.15) is 0 Å². The molecule has 1 heterocycles. The Bertz CT molecular complexity index is 1230. The number of fused-ring (bicyclic) bond motifs is 1. The van der Waals surface area contributed by atoms with Crippen LogP contribution in [0, 0.1) is 6.92 Å². The minimum Gasteiger partial charge on any atom is -0.491 e. The summed E-state index contributed by atoms with van der Waals surface area (Å²) in [5.41, 5.74) is 6.69. The highest BCUT2D eigenvalue weighted by Gasteiger charge is 2.45. The van der Waals surface area contributed by atoms with Crippen LogP contribution in [0.15, 0.2) is 97.1 Å². The van der Waals surface area contributed by atoms with E-state index in [1.165, 1.54) is 16.8 Å².